The van der Waals surface area contributed by atoms with Gasteiger partial charge in [0, 0.05) is 21.3 Å². The first-order valence-electron chi connectivity index (χ1n) is 12.9. The highest BCUT2D eigenvalue weighted by Crippen LogP contribution is 2.40. The predicted octanol–water partition coefficient (Wildman–Crippen LogP) is 8.01. The summed E-state index contributed by atoms with van der Waals surface area (Å²) in [7, 11) is 2.07. The summed E-state index contributed by atoms with van der Waals surface area (Å²) < 4.78 is 27.2. The third kappa shape index (κ3) is 4.61. The van der Waals surface area contributed by atoms with E-state index in [0.29, 0.717) is 5.56 Å². The first-order valence-corrected chi connectivity index (χ1v) is 11.4. The van der Waals surface area contributed by atoms with E-state index in [0.717, 1.165) is 27.9 Å². The summed E-state index contributed by atoms with van der Waals surface area (Å²) in [6.07, 6.45) is 2.19. The van der Waals surface area contributed by atoms with Crippen LogP contribution in [0.15, 0.2) is 48.7 Å². The molecule has 0 saturated carbocycles. The molecule has 0 aliphatic rings. The largest absolute Gasteiger partial charge is 0.212 e. The number of benzene rings is 2. The van der Waals surface area contributed by atoms with E-state index < -0.39 is 6.85 Å². The molecule has 0 bridgehead atoms. The Kier molecular flexibility index (Phi) is 5.36. The lowest BCUT2D eigenvalue weighted by atomic mass is 9.82. The second kappa shape index (κ2) is 8.61. The van der Waals surface area contributed by atoms with Crippen LogP contribution in [-0.2, 0) is 12.5 Å². The zero-order valence-electron chi connectivity index (χ0n) is 23.7. The molecular formula is C30H40N+. The molecule has 0 spiro atoms. The Bertz CT molecular complexity index is 1170. The molecule has 0 atom stereocenters. The molecule has 31 heavy (non-hydrogen) atoms. The monoisotopic (exact) mass is 417 g/mol. The highest BCUT2D eigenvalue weighted by molar-refractivity contribution is 5.80. The maximum absolute atomic E-state index is 8.36. The van der Waals surface area contributed by atoms with Gasteiger partial charge in [-0.15, -0.1) is 0 Å². The molecule has 1 heteroatoms. The van der Waals surface area contributed by atoms with E-state index >= 15 is 0 Å². The molecule has 0 radical (unpaired) electrons. The second-order valence-corrected chi connectivity index (χ2v) is 10.5. The van der Waals surface area contributed by atoms with Crippen molar-refractivity contribution in [2.45, 2.75) is 79.5 Å². The van der Waals surface area contributed by atoms with Crippen molar-refractivity contribution in [2.24, 2.45) is 7.05 Å². The van der Waals surface area contributed by atoms with E-state index in [1.165, 1.54) is 16.7 Å². The summed E-state index contributed by atoms with van der Waals surface area (Å²) in [4.78, 5) is 0. The van der Waals surface area contributed by atoms with E-state index in [2.05, 4.69) is 103 Å². The summed E-state index contributed by atoms with van der Waals surface area (Å²) in [5.41, 5.74) is 9.17. The number of pyridine rings is 1. The topological polar surface area (TPSA) is 3.88 Å². The van der Waals surface area contributed by atoms with Gasteiger partial charge < -0.3 is 0 Å². The van der Waals surface area contributed by atoms with E-state index in [1.807, 2.05) is 13.0 Å². The Balaban J connectivity index is 2.40. The van der Waals surface area contributed by atoms with Crippen molar-refractivity contribution in [2.75, 3.05) is 0 Å². The van der Waals surface area contributed by atoms with Crippen molar-refractivity contribution in [3.05, 3.63) is 76.5 Å². The SMILES string of the molecule is [2H]C([2H])([2H])c1cc(C)c(-c2ccc(C(C)(C)C)c[n+]2C)cc1-c1c(C(C)C)cccc1C(C)C. The lowest BCUT2D eigenvalue weighted by Gasteiger charge is -2.22. The zero-order valence-corrected chi connectivity index (χ0v) is 20.7. The van der Waals surface area contributed by atoms with Crippen LogP contribution in [0.25, 0.3) is 22.4 Å². The van der Waals surface area contributed by atoms with Crippen molar-refractivity contribution in [3.8, 4) is 22.4 Å². The highest BCUT2D eigenvalue weighted by atomic mass is 14.9. The highest BCUT2D eigenvalue weighted by Gasteiger charge is 2.23. The Hall–Kier alpha value is -2.41. The number of aryl methyl sites for hydroxylation is 3. The average Bonchev–Trinajstić information content (AvgIpc) is 2.71. The number of nitrogens with zero attached hydrogens (tertiary/aromatic N) is 1. The first kappa shape index (κ1) is 19.3. The van der Waals surface area contributed by atoms with Gasteiger partial charge in [-0.25, -0.2) is 4.57 Å². The summed E-state index contributed by atoms with van der Waals surface area (Å²) in [6, 6.07) is 14.8. The number of rotatable bonds is 4. The maximum atomic E-state index is 8.36. The fourth-order valence-corrected chi connectivity index (χ4v) is 4.38. The second-order valence-electron chi connectivity index (χ2n) is 10.5. The van der Waals surface area contributed by atoms with Crippen molar-refractivity contribution < 1.29 is 8.68 Å². The van der Waals surface area contributed by atoms with Gasteiger partial charge in [0.15, 0.2) is 6.20 Å². The molecule has 1 aromatic heterocycles. The van der Waals surface area contributed by atoms with Crippen LogP contribution in [0, 0.1) is 13.8 Å². The molecule has 0 fully saturated rings. The van der Waals surface area contributed by atoms with E-state index in [1.54, 1.807) is 0 Å². The molecule has 0 aliphatic heterocycles. The van der Waals surface area contributed by atoms with Crippen LogP contribution in [0.4, 0.5) is 0 Å². The van der Waals surface area contributed by atoms with Crippen LogP contribution in [0.5, 0.6) is 0 Å². The van der Waals surface area contributed by atoms with Gasteiger partial charge in [0.05, 0.1) is 0 Å². The summed E-state index contributed by atoms with van der Waals surface area (Å²) in [5.74, 6) is 0.565. The summed E-state index contributed by atoms with van der Waals surface area (Å²) >= 11 is 0. The Morgan fingerprint density at radius 1 is 0.839 bits per heavy atom. The average molecular weight is 418 g/mol. The van der Waals surface area contributed by atoms with Crippen molar-refractivity contribution in [1.29, 1.82) is 0 Å². The first-order chi connectivity index (χ1) is 15.6. The minimum atomic E-state index is -2.20. The Morgan fingerprint density at radius 2 is 1.45 bits per heavy atom. The maximum Gasteiger partial charge on any atom is 0.212 e. The van der Waals surface area contributed by atoms with Gasteiger partial charge in [-0.1, -0.05) is 72.7 Å². The van der Waals surface area contributed by atoms with Crippen LogP contribution >= 0.6 is 0 Å². The quantitative estimate of drug-likeness (QED) is 0.378. The molecule has 0 aliphatic carbocycles. The van der Waals surface area contributed by atoms with Crippen molar-refractivity contribution >= 4 is 0 Å². The minimum Gasteiger partial charge on any atom is -0.201 e. The number of hydrogen-bond donors (Lipinski definition) is 0. The van der Waals surface area contributed by atoms with Crippen LogP contribution < -0.4 is 4.57 Å². The molecule has 3 rings (SSSR count). The van der Waals surface area contributed by atoms with Crippen LogP contribution in [0.1, 0.15) is 92.2 Å². The Morgan fingerprint density at radius 3 is 1.94 bits per heavy atom. The van der Waals surface area contributed by atoms with Gasteiger partial charge in [0.2, 0.25) is 5.69 Å². The zero-order chi connectivity index (χ0) is 25.6. The minimum absolute atomic E-state index is 0.0595. The predicted molar refractivity (Wildman–Crippen MR) is 135 cm³/mol. The molecule has 0 saturated heterocycles. The van der Waals surface area contributed by atoms with Crippen LogP contribution in [0.3, 0.4) is 0 Å². The Labute approximate surface area is 194 Å². The molecule has 1 heterocycles. The van der Waals surface area contributed by atoms with E-state index in [4.69, 9.17) is 4.11 Å². The van der Waals surface area contributed by atoms with Crippen LogP contribution in [-0.4, -0.2) is 0 Å². The normalized spacial score (nSPS) is 14.0. The molecular weight excluding hydrogens is 374 g/mol. The molecule has 0 N–H and O–H groups in total. The molecule has 164 valence electrons. The van der Waals surface area contributed by atoms with E-state index in [-0.39, 0.29) is 17.3 Å². The fourth-order valence-electron chi connectivity index (χ4n) is 4.38. The molecule has 1 nitrogen and oxygen atoms in total. The van der Waals surface area contributed by atoms with Crippen LogP contribution in [0.2, 0.25) is 0 Å². The molecule has 2 aromatic carbocycles. The molecule has 0 unspecified atom stereocenters. The third-order valence-electron chi connectivity index (χ3n) is 6.28. The van der Waals surface area contributed by atoms with Gasteiger partial charge in [-0.3, -0.25) is 0 Å². The van der Waals surface area contributed by atoms with Gasteiger partial charge >= 0.3 is 0 Å². The fraction of sp³-hybridized carbons (Fsp3) is 0.433. The van der Waals surface area contributed by atoms with Gasteiger partial charge in [-0.05, 0) is 76.5 Å². The summed E-state index contributed by atoms with van der Waals surface area (Å²) in [6.45, 7) is 15.2. The lowest BCUT2D eigenvalue weighted by Crippen LogP contribution is -2.33. The van der Waals surface area contributed by atoms with Gasteiger partial charge in [0.25, 0.3) is 0 Å². The van der Waals surface area contributed by atoms with Gasteiger partial charge in [-0.2, -0.15) is 0 Å². The molecule has 0 amide bonds. The van der Waals surface area contributed by atoms with Crippen molar-refractivity contribution in [1.82, 2.24) is 0 Å². The molecule has 3 aromatic rings. The third-order valence-corrected chi connectivity index (χ3v) is 6.28. The lowest BCUT2D eigenvalue weighted by molar-refractivity contribution is -0.661. The summed E-state index contributed by atoms with van der Waals surface area (Å²) in [5, 5.41) is 0. The smallest absolute Gasteiger partial charge is 0.201 e. The number of hydrogen-bond acceptors (Lipinski definition) is 0. The van der Waals surface area contributed by atoms with Gasteiger partial charge in [0.1, 0.15) is 7.05 Å². The van der Waals surface area contributed by atoms with Crippen molar-refractivity contribution in [3.63, 3.8) is 0 Å². The van der Waals surface area contributed by atoms with E-state index in [9.17, 15) is 0 Å². The number of aromatic nitrogens is 1. The standard InChI is InChI=1S/C30H40N/c1-19(2)24-12-11-13-25(20(3)4)29(24)27-17-26(21(5)16-22(27)6)28-15-14-23(18-31(28)10)30(7,8)9/h11-20H,1-10H3/q+1/i6D3.